The van der Waals surface area contributed by atoms with E-state index in [1.54, 1.807) is 36.4 Å². The van der Waals surface area contributed by atoms with Crippen LogP contribution in [0.4, 0.5) is 5.13 Å². The Bertz CT molecular complexity index is 1410. The SMILES string of the molecule is Cc1ccc2nc(N3C(=O)C(=O)/C(=C(/O)c4ccncc4)C3c3cccc(Cl)c3)sc2c1. The highest BCUT2D eigenvalue weighted by atomic mass is 35.5. The van der Waals surface area contributed by atoms with E-state index in [0.29, 0.717) is 21.3 Å². The number of amides is 1. The Morgan fingerprint density at radius 2 is 1.88 bits per heavy atom. The fraction of sp³-hybridized carbons (Fsp3) is 0.0833. The smallest absolute Gasteiger partial charge is 0.301 e. The van der Waals surface area contributed by atoms with Crippen LogP contribution in [0.1, 0.15) is 22.7 Å². The molecule has 0 aliphatic carbocycles. The van der Waals surface area contributed by atoms with E-state index >= 15 is 0 Å². The highest BCUT2D eigenvalue weighted by Gasteiger charge is 2.48. The minimum atomic E-state index is -0.872. The number of benzene rings is 2. The van der Waals surface area contributed by atoms with Crippen LogP contribution >= 0.6 is 22.9 Å². The summed E-state index contributed by atoms with van der Waals surface area (Å²) >= 11 is 7.55. The molecule has 6 nitrogen and oxygen atoms in total. The standard InChI is InChI=1S/C24H16ClN3O3S/c1-13-5-6-17-18(11-13)32-24(27-17)28-20(15-3-2-4-16(25)12-15)19(22(30)23(28)31)21(29)14-7-9-26-10-8-14/h2-12,20,29H,1H3/b21-19+. The first-order chi connectivity index (χ1) is 15.4. The van der Waals surface area contributed by atoms with Crippen LogP contribution in [0.25, 0.3) is 16.0 Å². The Hall–Kier alpha value is -3.55. The maximum absolute atomic E-state index is 13.2. The Morgan fingerprint density at radius 1 is 1.09 bits per heavy atom. The van der Waals surface area contributed by atoms with E-state index in [-0.39, 0.29) is 11.3 Å². The molecule has 158 valence electrons. The summed E-state index contributed by atoms with van der Waals surface area (Å²) < 4.78 is 0.904. The number of aromatic nitrogens is 2. The minimum Gasteiger partial charge on any atom is -0.507 e. The molecule has 1 N–H and O–H groups in total. The van der Waals surface area contributed by atoms with Gasteiger partial charge in [0, 0.05) is 23.0 Å². The van der Waals surface area contributed by atoms with Crippen molar-refractivity contribution in [2.24, 2.45) is 0 Å². The van der Waals surface area contributed by atoms with Gasteiger partial charge in [-0.05, 0) is 54.4 Å². The van der Waals surface area contributed by atoms with E-state index in [1.165, 1.54) is 28.6 Å². The van der Waals surface area contributed by atoms with Crippen molar-refractivity contribution in [2.45, 2.75) is 13.0 Å². The second-order valence-corrected chi connectivity index (χ2v) is 8.87. The number of ketones is 1. The summed E-state index contributed by atoms with van der Waals surface area (Å²) in [5.74, 6) is -1.80. The highest BCUT2D eigenvalue weighted by molar-refractivity contribution is 7.22. The number of carbonyl (C=O) groups excluding carboxylic acids is 2. The monoisotopic (exact) mass is 461 g/mol. The number of aryl methyl sites for hydroxylation is 1. The number of hydrogen-bond donors (Lipinski definition) is 1. The number of anilines is 1. The number of aliphatic hydroxyl groups is 1. The van der Waals surface area contributed by atoms with Crippen molar-refractivity contribution in [3.63, 3.8) is 0 Å². The normalized spacial score (nSPS) is 17.9. The molecular weight excluding hydrogens is 446 g/mol. The van der Waals surface area contributed by atoms with Crippen molar-refractivity contribution >= 4 is 55.7 Å². The predicted octanol–water partition coefficient (Wildman–Crippen LogP) is 5.28. The lowest BCUT2D eigenvalue weighted by atomic mass is 9.96. The quantitative estimate of drug-likeness (QED) is 0.255. The first-order valence-corrected chi connectivity index (χ1v) is 11.0. The molecule has 0 radical (unpaired) electrons. The fourth-order valence-electron chi connectivity index (χ4n) is 3.81. The van der Waals surface area contributed by atoms with Crippen molar-refractivity contribution in [3.8, 4) is 0 Å². The van der Waals surface area contributed by atoms with Crippen molar-refractivity contribution < 1.29 is 14.7 Å². The van der Waals surface area contributed by atoms with Gasteiger partial charge < -0.3 is 5.11 Å². The van der Waals surface area contributed by atoms with Crippen molar-refractivity contribution in [1.29, 1.82) is 0 Å². The van der Waals surface area contributed by atoms with Gasteiger partial charge in [0.25, 0.3) is 5.78 Å². The van der Waals surface area contributed by atoms with Gasteiger partial charge in [-0.15, -0.1) is 0 Å². The van der Waals surface area contributed by atoms with Gasteiger partial charge in [-0.25, -0.2) is 4.98 Å². The average molecular weight is 462 g/mol. The molecule has 1 atom stereocenters. The average Bonchev–Trinajstić information content (AvgIpc) is 3.32. The summed E-state index contributed by atoms with van der Waals surface area (Å²) in [6.45, 7) is 1.98. The number of carbonyl (C=O) groups is 2. The van der Waals surface area contributed by atoms with Gasteiger partial charge in [0.05, 0.1) is 21.8 Å². The lowest BCUT2D eigenvalue weighted by Crippen LogP contribution is -2.29. The molecule has 0 spiro atoms. The zero-order valence-electron chi connectivity index (χ0n) is 16.8. The number of Topliss-reactive ketones (excluding diaryl/α,β-unsaturated/α-hetero) is 1. The highest BCUT2D eigenvalue weighted by Crippen LogP contribution is 2.44. The van der Waals surface area contributed by atoms with E-state index in [1.807, 2.05) is 25.1 Å². The fourth-order valence-corrected chi connectivity index (χ4v) is 5.10. The molecule has 1 aliphatic rings. The van der Waals surface area contributed by atoms with Gasteiger partial charge in [-0.3, -0.25) is 19.5 Å². The molecule has 1 unspecified atom stereocenters. The van der Waals surface area contributed by atoms with Crippen molar-refractivity contribution in [2.75, 3.05) is 4.90 Å². The predicted molar refractivity (Wildman–Crippen MR) is 125 cm³/mol. The minimum absolute atomic E-state index is 0.0149. The van der Waals surface area contributed by atoms with Crippen LogP contribution in [0.3, 0.4) is 0 Å². The van der Waals surface area contributed by atoms with Crippen LogP contribution in [-0.4, -0.2) is 26.8 Å². The number of thiazole rings is 1. The molecular formula is C24H16ClN3O3S. The number of nitrogens with zero attached hydrogens (tertiary/aromatic N) is 3. The van der Waals surface area contributed by atoms with E-state index in [9.17, 15) is 14.7 Å². The zero-order valence-corrected chi connectivity index (χ0v) is 18.4. The number of aliphatic hydroxyl groups excluding tert-OH is 1. The lowest BCUT2D eigenvalue weighted by Gasteiger charge is -2.23. The first kappa shape index (κ1) is 20.4. The topological polar surface area (TPSA) is 83.4 Å². The molecule has 2 aromatic heterocycles. The molecule has 1 fully saturated rings. The van der Waals surface area contributed by atoms with Gasteiger partial charge in [0.1, 0.15) is 5.76 Å². The number of rotatable bonds is 3. The second-order valence-electron chi connectivity index (χ2n) is 7.43. The molecule has 8 heteroatoms. The summed E-state index contributed by atoms with van der Waals surface area (Å²) in [5, 5.41) is 11.9. The third kappa shape index (κ3) is 3.36. The van der Waals surface area contributed by atoms with Crippen LogP contribution in [0.2, 0.25) is 5.02 Å². The van der Waals surface area contributed by atoms with Crippen molar-refractivity contribution in [3.05, 3.63) is 94.3 Å². The maximum Gasteiger partial charge on any atom is 0.301 e. The van der Waals surface area contributed by atoms with Crippen LogP contribution in [-0.2, 0) is 9.59 Å². The van der Waals surface area contributed by atoms with E-state index in [0.717, 1.165) is 15.8 Å². The molecule has 5 rings (SSSR count). The summed E-state index contributed by atoms with van der Waals surface area (Å²) in [6, 6.07) is 15.0. The van der Waals surface area contributed by atoms with E-state index < -0.39 is 17.7 Å². The molecule has 1 amide bonds. The van der Waals surface area contributed by atoms with E-state index in [2.05, 4.69) is 9.97 Å². The van der Waals surface area contributed by atoms with Gasteiger partial charge in [0.15, 0.2) is 5.13 Å². The van der Waals surface area contributed by atoms with Crippen LogP contribution in [0, 0.1) is 6.92 Å². The maximum atomic E-state index is 13.2. The Morgan fingerprint density at radius 3 is 2.62 bits per heavy atom. The van der Waals surface area contributed by atoms with E-state index in [4.69, 9.17) is 11.6 Å². The number of fused-ring (bicyclic) bond motifs is 1. The van der Waals surface area contributed by atoms with Gasteiger partial charge in [-0.1, -0.05) is 41.1 Å². The molecule has 4 aromatic rings. The molecule has 2 aromatic carbocycles. The molecule has 0 saturated carbocycles. The summed E-state index contributed by atoms with van der Waals surface area (Å²) in [5.41, 5.74) is 2.78. The zero-order chi connectivity index (χ0) is 22.4. The number of hydrogen-bond acceptors (Lipinski definition) is 6. The Balaban J connectivity index is 1.75. The van der Waals surface area contributed by atoms with Crippen LogP contribution in [0.5, 0.6) is 0 Å². The number of pyridine rings is 1. The molecule has 3 heterocycles. The second kappa shape index (κ2) is 7.85. The van der Waals surface area contributed by atoms with Gasteiger partial charge in [0.2, 0.25) is 0 Å². The Kier molecular flexibility index (Phi) is 5.00. The van der Waals surface area contributed by atoms with Crippen LogP contribution < -0.4 is 4.90 Å². The third-order valence-corrected chi connectivity index (χ3v) is 6.55. The summed E-state index contributed by atoms with van der Waals surface area (Å²) in [6.07, 6.45) is 3.02. The third-order valence-electron chi connectivity index (χ3n) is 5.30. The molecule has 0 bridgehead atoms. The van der Waals surface area contributed by atoms with Gasteiger partial charge >= 0.3 is 5.91 Å². The molecule has 32 heavy (non-hydrogen) atoms. The first-order valence-electron chi connectivity index (χ1n) is 9.78. The van der Waals surface area contributed by atoms with Crippen molar-refractivity contribution in [1.82, 2.24) is 9.97 Å². The summed E-state index contributed by atoms with van der Waals surface area (Å²) in [7, 11) is 0. The lowest BCUT2D eigenvalue weighted by molar-refractivity contribution is -0.132. The number of halogens is 1. The molecule has 1 saturated heterocycles. The molecule has 1 aliphatic heterocycles. The van der Waals surface area contributed by atoms with Crippen LogP contribution in [0.15, 0.2) is 72.6 Å². The largest absolute Gasteiger partial charge is 0.507 e. The van der Waals surface area contributed by atoms with Gasteiger partial charge in [-0.2, -0.15) is 0 Å². The summed E-state index contributed by atoms with van der Waals surface area (Å²) in [4.78, 5) is 36.3. The Labute approximate surface area is 192 Å².